The van der Waals surface area contributed by atoms with Gasteiger partial charge in [-0.3, -0.25) is 14.5 Å². The van der Waals surface area contributed by atoms with E-state index in [1.165, 1.54) is 4.52 Å². The lowest BCUT2D eigenvalue weighted by atomic mass is 10.1. The Morgan fingerprint density at radius 1 is 1.16 bits per heavy atom. The van der Waals surface area contributed by atoms with E-state index in [1.54, 1.807) is 30.9 Å². The van der Waals surface area contributed by atoms with Crippen molar-refractivity contribution in [1.29, 1.82) is 0 Å². The first-order chi connectivity index (χ1) is 15.4. The van der Waals surface area contributed by atoms with Crippen LogP contribution in [0.5, 0.6) is 0 Å². The summed E-state index contributed by atoms with van der Waals surface area (Å²) in [5.41, 5.74) is 9.22. The molecule has 0 saturated carbocycles. The van der Waals surface area contributed by atoms with Crippen molar-refractivity contribution in [3.63, 3.8) is 0 Å². The van der Waals surface area contributed by atoms with Crippen molar-refractivity contribution in [2.75, 3.05) is 5.73 Å². The highest BCUT2D eigenvalue weighted by Gasteiger charge is 2.19. The molecule has 166 valence electrons. The van der Waals surface area contributed by atoms with Crippen LogP contribution in [0.15, 0.2) is 43.1 Å². The molecular weight excluding hydrogens is 428 g/mol. The van der Waals surface area contributed by atoms with Crippen LogP contribution in [0.4, 0.5) is 5.95 Å². The van der Waals surface area contributed by atoms with Crippen LogP contribution >= 0.6 is 11.6 Å². The smallest absolute Gasteiger partial charge is 0.255 e. The minimum absolute atomic E-state index is 0.0196. The average molecular weight is 453 g/mol. The summed E-state index contributed by atoms with van der Waals surface area (Å²) in [4.78, 5) is 21.3. The number of rotatable bonds is 7. The summed E-state index contributed by atoms with van der Waals surface area (Å²) < 4.78 is 3.41. The number of carbonyl (C=O) groups excluding carboxylic acids is 1. The number of anilines is 1. The molecule has 0 radical (unpaired) electrons. The Morgan fingerprint density at radius 3 is 2.69 bits per heavy atom. The first-order valence-corrected chi connectivity index (χ1v) is 10.9. The molecule has 0 fully saturated rings. The molecule has 0 spiro atoms. The fourth-order valence-corrected chi connectivity index (χ4v) is 3.76. The van der Waals surface area contributed by atoms with E-state index >= 15 is 0 Å². The van der Waals surface area contributed by atoms with Gasteiger partial charge in [0.2, 0.25) is 5.95 Å². The second-order valence-corrected chi connectivity index (χ2v) is 8.17. The van der Waals surface area contributed by atoms with Crippen LogP contribution in [0.25, 0.3) is 16.8 Å². The molecule has 1 amide bonds. The predicted octanol–water partition coefficient (Wildman–Crippen LogP) is 3.75. The molecule has 0 aliphatic heterocycles. The molecule has 10 heteroatoms. The first kappa shape index (κ1) is 21.8. The van der Waals surface area contributed by atoms with Gasteiger partial charge in [0, 0.05) is 42.0 Å². The molecule has 0 saturated heterocycles. The average Bonchev–Trinajstić information content (AvgIpc) is 3.39. The fraction of sp³-hybridized carbons (Fsp3) is 0.318. The quantitative estimate of drug-likeness (QED) is 0.441. The number of fused-ring (bicyclic) bond motifs is 1. The highest BCUT2D eigenvalue weighted by molar-refractivity contribution is 6.30. The molecule has 0 aliphatic rings. The van der Waals surface area contributed by atoms with Crippen LogP contribution in [0.2, 0.25) is 5.02 Å². The van der Waals surface area contributed by atoms with E-state index in [2.05, 4.69) is 32.4 Å². The van der Waals surface area contributed by atoms with Gasteiger partial charge in [-0.15, -0.1) is 5.10 Å². The number of nitrogens with one attached hydrogen (secondary N) is 1. The maximum atomic E-state index is 12.9. The van der Waals surface area contributed by atoms with Crippen molar-refractivity contribution in [2.24, 2.45) is 0 Å². The Hall–Kier alpha value is -3.46. The molecule has 1 unspecified atom stereocenters. The molecular formula is C22H25ClN8O. The van der Waals surface area contributed by atoms with Crippen molar-refractivity contribution < 1.29 is 4.79 Å². The molecule has 32 heavy (non-hydrogen) atoms. The molecule has 0 aliphatic carbocycles. The van der Waals surface area contributed by atoms with Crippen LogP contribution in [0.3, 0.4) is 0 Å². The molecule has 2 atom stereocenters. The van der Waals surface area contributed by atoms with Gasteiger partial charge in [0.25, 0.3) is 5.91 Å². The van der Waals surface area contributed by atoms with Crippen molar-refractivity contribution >= 4 is 29.1 Å². The van der Waals surface area contributed by atoms with Crippen molar-refractivity contribution in [1.82, 2.24) is 34.7 Å². The van der Waals surface area contributed by atoms with Crippen LogP contribution in [-0.2, 0) is 0 Å². The van der Waals surface area contributed by atoms with E-state index in [1.807, 2.05) is 30.8 Å². The zero-order valence-corrected chi connectivity index (χ0v) is 18.9. The second-order valence-electron chi connectivity index (χ2n) is 7.73. The van der Waals surface area contributed by atoms with Gasteiger partial charge in [-0.2, -0.15) is 10.1 Å². The Morgan fingerprint density at radius 2 is 1.97 bits per heavy atom. The fourth-order valence-electron chi connectivity index (χ4n) is 3.57. The SMILES string of the molecule is CCC(c1cncc(Cl)c1)n1cc(-c2cc(C(=O)N[C@@H](C)CC)c3nc(N)nn3c2)cn1. The summed E-state index contributed by atoms with van der Waals surface area (Å²) in [6, 6.07) is 3.70. The number of pyridine rings is 2. The molecule has 0 aromatic carbocycles. The van der Waals surface area contributed by atoms with Gasteiger partial charge in [-0.1, -0.05) is 25.4 Å². The van der Waals surface area contributed by atoms with E-state index < -0.39 is 0 Å². The number of hydrogen-bond acceptors (Lipinski definition) is 6. The van der Waals surface area contributed by atoms with Gasteiger partial charge in [-0.25, -0.2) is 4.52 Å². The monoisotopic (exact) mass is 452 g/mol. The van der Waals surface area contributed by atoms with Crippen LogP contribution in [0.1, 0.15) is 55.6 Å². The van der Waals surface area contributed by atoms with Gasteiger partial charge in [0.15, 0.2) is 5.65 Å². The van der Waals surface area contributed by atoms with Crippen LogP contribution < -0.4 is 11.1 Å². The minimum atomic E-state index is -0.220. The standard InChI is InChI=1S/C22H25ClN8O/c1-4-13(3)27-21(32)18-7-15(11-31-20(18)28-22(24)29-31)16-9-26-30(12-16)19(5-2)14-6-17(23)10-25-8-14/h6-13,19H,4-5H2,1-3H3,(H2,24,29)(H,27,32)/t13-,19?/m0/s1. The van der Waals surface area contributed by atoms with Crippen molar-refractivity contribution in [3.8, 4) is 11.1 Å². The molecule has 9 nitrogen and oxygen atoms in total. The summed E-state index contributed by atoms with van der Waals surface area (Å²) in [6.07, 6.45) is 10.5. The number of nitrogen functional groups attached to an aromatic ring is 1. The number of nitrogens with zero attached hydrogens (tertiary/aromatic N) is 6. The Kier molecular flexibility index (Phi) is 6.09. The Bertz CT molecular complexity index is 1260. The minimum Gasteiger partial charge on any atom is -0.366 e. The maximum Gasteiger partial charge on any atom is 0.255 e. The number of hydrogen-bond donors (Lipinski definition) is 2. The third kappa shape index (κ3) is 4.29. The highest BCUT2D eigenvalue weighted by Crippen LogP contribution is 2.27. The zero-order chi connectivity index (χ0) is 22.8. The van der Waals surface area contributed by atoms with E-state index in [9.17, 15) is 4.79 Å². The van der Waals surface area contributed by atoms with E-state index in [4.69, 9.17) is 17.3 Å². The van der Waals surface area contributed by atoms with Crippen molar-refractivity contribution in [2.45, 2.75) is 45.7 Å². The Balaban J connectivity index is 1.74. The summed E-state index contributed by atoms with van der Waals surface area (Å²) >= 11 is 6.13. The van der Waals surface area contributed by atoms with E-state index in [0.717, 1.165) is 29.5 Å². The lowest BCUT2D eigenvalue weighted by Gasteiger charge is -2.16. The summed E-state index contributed by atoms with van der Waals surface area (Å²) in [6.45, 7) is 6.05. The first-order valence-electron chi connectivity index (χ1n) is 10.5. The topological polar surface area (TPSA) is 116 Å². The van der Waals surface area contributed by atoms with Crippen molar-refractivity contribution in [3.05, 3.63) is 59.3 Å². The number of carbonyl (C=O) groups is 1. The van der Waals surface area contributed by atoms with E-state index in [0.29, 0.717) is 16.2 Å². The Labute approximate surface area is 190 Å². The summed E-state index contributed by atoms with van der Waals surface area (Å²) in [5, 5.41) is 12.3. The molecule has 4 heterocycles. The third-order valence-electron chi connectivity index (χ3n) is 5.44. The number of nitrogens with two attached hydrogens (primary N) is 1. The molecule has 0 bridgehead atoms. The van der Waals surface area contributed by atoms with Gasteiger partial charge in [-0.05, 0) is 37.5 Å². The maximum absolute atomic E-state index is 12.9. The number of amides is 1. The summed E-state index contributed by atoms with van der Waals surface area (Å²) in [5.74, 6) is -0.114. The number of aromatic nitrogens is 6. The lowest BCUT2D eigenvalue weighted by molar-refractivity contribution is 0.0940. The van der Waals surface area contributed by atoms with Gasteiger partial charge in [0.05, 0.1) is 22.8 Å². The summed E-state index contributed by atoms with van der Waals surface area (Å²) in [7, 11) is 0. The second kappa shape index (κ2) is 8.96. The van der Waals surface area contributed by atoms with Gasteiger partial charge < -0.3 is 11.1 Å². The number of halogens is 1. The molecule has 4 aromatic heterocycles. The lowest BCUT2D eigenvalue weighted by Crippen LogP contribution is -2.32. The largest absolute Gasteiger partial charge is 0.366 e. The molecule has 3 N–H and O–H groups in total. The van der Waals surface area contributed by atoms with E-state index in [-0.39, 0.29) is 23.9 Å². The third-order valence-corrected chi connectivity index (χ3v) is 5.64. The predicted molar refractivity (Wildman–Crippen MR) is 124 cm³/mol. The molecule has 4 rings (SSSR count). The van der Waals surface area contributed by atoms with Crippen LogP contribution in [0, 0.1) is 0 Å². The van der Waals surface area contributed by atoms with Gasteiger partial charge >= 0.3 is 0 Å². The van der Waals surface area contributed by atoms with Crippen LogP contribution in [-0.4, -0.2) is 41.3 Å². The highest BCUT2D eigenvalue weighted by atomic mass is 35.5. The normalized spacial score (nSPS) is 13.2. The van der Waals surface area contributed by atoms with Gasteiger partial charge in [0.1, 0.15) is 0 Å². The zero-order valence-electron chi connectivity index (χ0n) is 18.2. The molecule has 4 aromatic rings.